The Balaban J connectivity index is 2.05. The molecule has 2 aromatic carbocycles. The van der Waals surface area contributed by atoms with Gasteiger partial charge < -0.3 is 9.87 Å². The van der Waals surface area contributed by atoms with Crippen LogP contribution in [0.1, 0.15) is 16.7 Å². The Morgan fingerprint density at radius 3 is 2.70 bits per heavy atom. The number of anilines is 2. The van der Waals surface area contributed by atoms with E-state index in [-0.39, 0.29) is 5.75 Å². The van der Waals surface area contributed by atoms with Crippen LogP contribution in [0.25, 0.3) is 10.9 Å². The van der Waals surface area contributed by atoms with Crippen molar-refractivity contribution >= 4 is 33.4 Å². The van der Waals surface area contributed by atoms with Crippen LogP contribution in [0.15, 0.2) is 48.7 Å². The van der Waals surface area contributed by atoms with Crippen molar-refractivity contribution in [2.45, 2.75) is 19.6 Å². The molecule has 0 amide bonds. The summed E-state index contributed by atoms with van der Waals surface area (Å²) in [7, 11) is 0. The largest absolute Gasteiger partial charge is 0.772 e. The molecule has 0 aliphatic rings. The van der Waals surface area contributed by atoms with Crippen LogP contribution < -0.4 is 5.32 Å². The normalized spacial score (nSPS) is 12.3. The van der Waals surface area contributed by atoms with E-state index in [1.54, 1.807) is 12.3 Å². The topological polar surface area (TPSA) is 65.0 Å². The number of nitrogens with one attached hydrogen (secondary N) is 1. The summed E-state index contributed by atoms with van der Waals surface area (Å²) < 4.78 is 21.9. The average molecular weight is 325 g/mol. The summed E-state index contributed by atoms with van der Waals surface area (Å²) in [5.74, 6) is 0.00769. The first-order valence-corrected chi connectivity index (χ1v) is 8.55. The van der Waals surface area contributed by atoms with E-state index in [9.17, 15) is 8.76 Å². The van der Waals surface area contributed by atoms with Crippen LogP contribution in [0.4, 0.5) is 11.4 Å². The van der Waals surface area contributed by atoms with E-state index in [0.29, 0.717) is 0 Å². The van der Waals surface area contributed by atoms with Crippen LogP contribution in [0, 0.1) is 13.8 Å². The van der Waals surface area contributed by atoms with E-state index in [1.165, 1.54) is 5.56 Å². The molecule has 5 heteroatoms. The van der Waals surface area contributed by atoms with Crippen molar-refractivity contribution < 1.29 is 8.76 Å². The number of aryl methyl sites for hydroxylation is 2. The SMILES string of the molecule is Cc1ccc(C)c(Nc2ccnc3ccc(CS(=O)[O-])cc23)c1. The monoisotopic (exact) mass is 325 g/mol. The maximum Gasteiger partial charge on any atom is 0.0723 e. The number of aromatic nitrogens is 1. The van der Waals surface area contributed by atoms with Gasteiger partial charge in [0.1, 0.15) is 0 Å². The molecule has 0 aliphatic carbocycles. The van der Waals surface area contributed by atoms with Crippen LogP contribution >= 0.6 is 0 Å². The summed E-state index contributed by atoms with van der Waals surface area (Å²) in [6.07, 6.45) is 1.75. The number of fused-ring (bicyclic) bond motifs is 1. The molecule has 4 nitrogen and oxygen atoms in total. The van der Waals surface area contributed by atoms with Crippen LogP contribution in [0.3, 0.4) is 0 Å². The third-order valence-corrected chi connectivity index (χ3v) is 4.32. The first-order chi connectivity index (χ1) is 11.0. The van der Waals surface area contributed by atoms with Crippen molar-refractivity contribution in [1.29, 1.82) is 0 Å². The lowest BCUT2D eigenvalue weighted by Crippen LogP contribution is -1.97. The van der Waals surface area contributed by atoms with Crippen molar-refractivity contribution in [3.05, 3.63) is 65.4 Å². The molecule has 1 heterocycles. The number of benzene rings is 2. The second-order valence-electron chi connectivity index (χ2n) is 5.60. The zero-order valence-corrected chi connectivity index (χ0v) is 13.8. The predicted molar refractivity (Wildman–Crippen MR) is 93.6 cm³/mol. The molecule has 118 valence electrons. The highest BCUT2D eigenvalue weighted by Gasteiger charge is 2.06. The van der Waals surface area contributed by atoms with E-state index in [1.807, 2.05) is 18.2 Å². The Morgan fingerprint density at radius 2 is 1.91 bits per heavy atom. The van der Waals surface area contributed by atoms with Gasteiger partial charge in [-0.3, -0.25) is 9.19 Å². The third kappa shape index (κ3) is 3.57. The number of hydrogen-bond donors (Lipinski definition) is 1. The highest BCUT2D eigenvalue weighted by atomic mass is 32.2. The maximum atomic E-state index is 10.9. The molecule has 0 aliphatic heterocycles. The predicted octanol–water partition coefficient (Wildman–Crippen LogP) is 3.97. The Morgan fingerprint density at radius 1 is 1.09 bits per heavy atom. The van der Waals surface area contributed by atoms with Crippen molar-refractivity contribution in [3.63, 3.8) is 0 Å². The Kier molecular flexibility index (Phi) is 4.41. The van der Waals surface area contributed by atoms with Gasteiger partial charge in [-0.25, -0.2) is 0 Å². The molecule has 1 atom stereocenters. The van der Waals surface area contributed by atoms with Gasteiger partial charge in [0.15, 0.2) is 0 Å². The smallest absolute Gasteiger partial charge is 0.0723 e. The van der Waals surface area contributed by atoms with Crippen LogP contribution in [-0.2, 0) is 16.8 Å². The summed E-state index contributed by atoms with van der Waals surface area (Å²) in [6.45, 7) is 4.11. The zero-order chi connectivity index (χ0) is 16.4. The second kappa shape index (κ2) is 6.48. The Hall–Kier alpha value is -2.24. The van der Waals surface area contributed by atoms with Gasteiger partial charge in [0.2, 0.25) is 0 Å². The average Bonchev–Trinajstić information content (AvgIpc) is 2.51. The molecule has 3 rings (SSSR count). The molecular formula is C18H17N2O2S-. The van der Waals surface area contributed by atoms with Crippen molar-refractivity contribution in [2.75, 3.05) is 5.32 Å². The first kappa shape index (κ1) is 15.6. The summed E-state index contributed by atoms with van der Waals surface area (Å²) in [5.41, 5.74) is 5.87. The van der Waals surface area contributed by atoms with E-state index in [2.05, 4.69) is 42.3 Å². The first-order valence-electron chi connectivity index (χ1n) is 7.31. The molecule has 1 N–H and O–H groups in total. The lowest BCUT2D eigenvalue weighted by atomic mass is 10.1. The summed E-state index contributed by atoms with van der Waals surface area (Å²) in [5, 5.41) is 4.36. The highest BCUT2D eigenvalue weighted by molar-refractivity contribution is 7.78. The fourth-order valence-electron chi connectivity index (χ4n) is 2.54. The number of pyridine rings is 1. The molecule has 3 aromatic rings. The fraction of sp³-hybridized carbons (Fsp3) is 0.167. The second-order valence-corrected chi connectivity index (χ2v) is 6.50. The Bertz CT molecular complexity index is 893. The third-order valence-electron chi connectivity index (χ3n) is 3.75. The quantitative estimate of drug-likeness (QED) is 0.737. The molecule has 0 radical (unpaired) electrons. The van der Waals surface area contributed by atoms with Crippen molar-refractivity contribution in [3.8, 4) is 0 Å². The minimum Gasteiger partial charge on any atom is -0.772 e. The molecule has 0 fully saturated rings. The van der Waals surface area contributed by atoms with Crippen LogP contribution in [0.2, 0.25) is 0 Å². The summed E-state index contributed by atoms with van der Waals surface area (Å²) in [4.78, 5) is 4.35. The lowest BCUT2D eigenvalue weighted by molar-refractivity contribution is 0.536. The summed E-state index contributed by atoms with van der Waals surface area (Å²) in [6, 6.07) is 13.7. The number of hydrogen-bond acceptors (Lipinski definition) is 4. The van der Waals surface area contributed by atoms with Gasteiger partial charge in [-0.05, 0) is 54.8 Å². The Labute approximate surface area is 137 Å². The molecule has 0 bridgehead atoms. The number of rotatable bonds is 4. The molecular weight excluding hydrogens is 308 g/mol. The van der Waals surface area contributed by atoms with Gasteiger partial charge in [-0.2, -0.15) is 0 Å². The fourth-order valence-corrected chi connectivity index (χ4v) is 3.00. The van der Waals surface area contributed by atoms with E-state index in [4.69, 9.17) is 0 Å². The van der Waals surface area contributed by atoms with E-state index >= 15 is 0 Å². The molecule has 0 saturated carbocycles. The van der Waals surface area contributed by atoms with Gasteiger partial charge >= 0.3 is 0 Å². The molecule has 0 spiro atoms. The van der Waals surface area contributed by atoms with Crippen molar-refractivity contribution in [1.82, 2.24) is 4.98 Å². The molecule has 1 aromatic heterocycles. The molecule has 23 heavy (non-hydrogen) atoms. The van der Waals surface area contributed by atoms with E-state index < -0.39 is 11.1 Å². The minimum atomic E-state index is -2.10. The van der Waals surface area contributed by atoms with E-state index in [0.717, 1.165) is 33.4 Å². The highest BCUT2D eigenvalue weighted by Crippen LogP contribution is 2.28. The zero-order valence-electron chi connectivity index (χ0n) is 13.0. The van der Waals surface area contributed by atoms with Crippen LogP contribution in [-0.4, -0.2) is 13.7 Å². The van der Waals surface area contributed by atoms with Crippen molar-refractivity contribution in [2.24, 2.45) is 0 Å². The van der Waals surface area contributed by atoms with Crippen LogP contribution in [0.5, 0.6) is 0 Å². The maximum absolute atomic E-state index is 10.9. The molecule has 1 unspecified atom stereocenters. The summed E-state index contributed by atoms with van der Waals surface area (Å²) >= 11 is -2.10. The van der Waals surface area contributed by atoms with Gasteiger partial charge in [0.05, 0.1) is 5.52 Å². The van der Waals surface area contributed by atoms with Gasteiger partial charge in [-0.15, -0.1) is 0 Å². The minimum absolute atomic E-state index is 0.00769. The lowest BCUT2D eigenvalue weighted by Gasteiger charge is -2.13. The standard InChI is InChI=1S/C18H18N2O2S/c1-12-3-4-13(2)18(9-12)20-17-7-8-19-16-6-5-14(10-15(16)17)11-23(21)22/h3-10H,11H2,1-2H3,(H,19,20)(H,21,22)/p-1. The van der Waals surface area contributed by atoms with Gasteiger partial charge in [-0.1, -0.05) is 29.3 Å². The molecule has 0 saturated heterocycles. The van der Waals surface area contributed by atoms with Gasteiger partial charge in [0.25, 0.3) is 0 Å². The number of nitrogens with zero attached hydrogens (tertiary/aromatic N) is 1. The van der Waals surface area contributed by atoms with Gasteiger partial charge in [0, 0.05) is 28.7 Å².